The summed E-state index contributed by atoms with van der Waals surface area (Å²) in [5.74, 6) is -0.259. The first kappa shape index (κ1) is 13.9. The van der Waals surface area contributed by atoms with Crippen LogP contribution >= 0.6 is 0 Å². The maximum atomic E-state index is 12.0. The van der Waals surface area contributed by atoms with Gasteiger partial charge in [-0.3, -0.25) is 0 Å². The zero-order chi connectivity index (χ0) is 13.8. The van der Waals surface area contributed by atoms with Crippen molar-refractivity contribution < 1.29 is 14.3 Å². The van der Waals surface area contributed by atoms with Crippen LogP contribution in [0.15, 0.2) is 24.3 Å². The van der Waals surface area contributed by atoms with Crippen LogP contribution in [0.3, 0.4) is 0 Å². The molecule has 2 atom stereocenters. The second kappa shape index (κ2) is 6.06. The van der Waals surface area contributed by atoms with Crippen molar-refractivity contribution in [2.45, 2.75) is 33.0 Å². The molecule has 4 nitrogen and oxygen atoms in total. The van der Waals surface area contributed by atoms with Gasteiger partial charge in [-0.2, -0.15) is 0 Å². The Bertz CT molecular complexity index is 437. The topological polar surface area (TPSA) is 38.8 Å². The van der Waals surface area contributed by atoms with E-state index < -0.39 is 0 Å². The quantitative estimate of drug-likeness (QED) is 0.785. The molecular weight excluding hydrogens is 242 g/mol. The predicted molar refractivity (Wildman–Crippen MR) is 74.6 cm³/mol. The van der Waals surface area contributed by atoms with Crippen molar-refractivity contribution in [2.75, 3.05) is 24.6 Å². The van der Waals surface area contributed by atoms with Crippen LogP contribution in [0.4, 0.5) is 5.69 Å². The van der Waals surface area contributed by atoms with E-state index in [1.54, 1.807) is 0 Å². The summed E-state index contributed by atoms with van der Waals surface area (Å²) < 4.78 is 10.8. The average molecular weight is 263 g/mol. The van der Waals surface area contributed by atoms with Gasteiger partial charge in [0.05, 0.1) is 30.1 Å². The van der Waals surface area contributed by atoms with Gasteiger partial charge in [-0.05, 0) is 32.9 Å². The molecule has 0 saturated carbocycles. The Hall–Kier alpha value is -1.55. The minimum absolute atomic E-state index is 0.166. The van der Waals surface area contributed by atoms with Crippen LogP contribution in [-0.4, -0.2) is 37.9 Å². The maximum absolute atomic E-state index is 12.0. The van der Waals surface area contributed by atoms with Crippen molar-refractivity contribution in [1.29, 1.82) is 0 Å². The highest BCUT2D eigenvalue weighted by molar-refractivity contribution is 5.95. The third kappa shape index (κ3) is 3.26. The van der Waals surface area contributed by atoms with E-state index in [0.717, 1.165) is 18.8 Å². The van der Waals surface area contributed by atoms with Crippen LogP contribution in [-0.2, 0) is 9.47 Å². The number of benzene rings is 1. The Morgan fingerprint density at radius 3 is 2.58 bits per heavy atom. The lowest BCUT2D eigenvalue weighted by molar-refractivity contribution is -0.00535. The zero-order valence-corrected chi connectivity index (χ0v) is 11.8. The van der Waals surface area contributed by atoms with Gasteiger partial charge in [0.15, 0.2) is 0 Å². The number of rotatable bonds is 3. The molecule has 0 aromatic heterocycles. The molecule has 1 heterocycles. The molecule has 19 heavy (non-hydrogen) atoms. The fraction of sp³-hybridized carbons (Fsp3) is 0.533. The third-order valence-corrected chi connectivity index (χ3v) is 3.16. The standard InChI is InChI=1S/C15H21NO3/c1-4-18-15(17)13-7-5-6-8-14(13)16-9-11(2)19-12(3)10-16/h5-8,11-12H,4,9-10H2,1-3H3/t11-,12+. The number of anilines is 1. The number of carbonyl (C=O) groups is 1. The van der Waals surface area contributed by atoms with E-state index in [4.69, 9.17) is 9.47 Å². The number of nitrogens with zero attached hydrogens (tertiary/aromatic N) is 1. The zero-order valence-electron chi connectivity index (χ0n) is 11.8. The molecule has 0 unspecified atom stereocenters. The minimum Gasteiger partial charge on any atom is -0.462 e. The molecule has 4 heteroatoms. The summed E-state index contributed by atoms with van der Waals surface area (Å²) in [5, 5.41) is 0. The van der Waals surface area contributed by atoms with Crippen LogP contribution in [0.1, 0.15) is 31.1 Å². The molecule has 1 fully saturated rings. The Kier molecular flexibility index (Phi) is 4.43. The second-order valence-electron chi connectivity index (χ2n) is 4.90. The Labute approximate surface area is 114 Å². The number of hydrogen-bond donors (Lipinski definition) is 0. The van der Waals surface area contributed by atoms with Crippen LogP contribution in [0.2, 0.25) is 0 Å². The van der Waals surface area contributed by atoms with Crippen molar-refractivity contribution in [3.05, 3.63) is 29.8 Å². The number of ether oxygens (including phenoxy) is 2. The van der Waals surface area contributed by atoms with E-state index in [9.17, 15) is 4.79 Å². The van der Waals surface area contributed by atoms with Crippen molar-refractivity contribution in [2.24, 2.45) is 0 Å². The van der Waals surface area contributed by atoms with Crippen LogP contribution in [0, 0.1) is 0 Å². The summed E-state index contributed by atoms with van der Waals surface area (Å²) >= 11 is 0. The van der Waals surface area contributed by atoms with Crippen LogP contribution in [0.5, 0.6) is 0 Å². The van der Waals surface area contributed by atoms with Gasteiger partial charge in [0.2, 0.25) is 0 Å². The van der Waals surface area contributed by atoms with Gasteiger partial charge >= 0.3 is 5.97 Å². The second-order valence-corrected chi connectivity index (χ2v) is 4.90. The Morgan fingerprint density at radius 2 is 1.95 bits per heavy atom. The molecule has 0 N–H and O–H groups in total. The molecular formula is C15H21NO3. The van der Waals surface area contributed by atoms with Gasteiger partial charge in [0.1, 0.15) is 0 Å². The molecule has 1 aromatic rings. The molecule has 0 aliphatic carbocycles. The number of carbonyl (C=O) groups excluding carboxylic acids is 1. The third-order valence-electron chi connectivity index (χ3n) is 3.16. The molecule has 0 bridgehead atoms. The summed E-state index contributed by atoms with van der Waals surface area (Å²) in [4.78, 5) is 14.2. The van der Waals surface area contributed by atoms with Crippen molar-refractivity contribution in [1.82, 2.24) is 0 Å². The number of morpholine rings is 1. The molecule has 0 amide bonds. The van der Waals surface area contributed by atoms with Gasteiger partial charge in [0.25, 0.3) is 0 Å². The van der Waals surface area contributed by atoms with Gasteiger partial charge in [-0.15, -0.1) is 0 Å². The molecule has 1 aliphatic heterocycles. The first-order valence-electron chi connectivity index (χ1n) is 6.78. The van der Waals surface area contributed by atoms with E-state index in [1.165, 1.54) is 0 Å². The molecule has 1 aromatic carbocycles. The smallest absolute Gasteiger partial charge is 0.340 e. The summed E-state index contributed by atoms with van der Waals surface area (Å²) in [5.41, 5.74) is 1.56. The van der Waals surface area contributed by atoms with Gasteiger partial charge < -0.3 is 14.4 Å². The largest absolute Gasteiger partial charge is 0.462 e. The summed E-state index contributed by atoms with van der Waals surface area (Å²) in [6, 6.07) is 7.60. The van der Waals surface area contributed by atoms with Crippen molar-refractivity contribution >= 4 is 11.7 Å². The number of hydrogen-bond acceptors (Lipinski definition) is 4. The molecule has 2 rings (SSSR count). The molecule has 0 spiro atoms. The van der Waals surface area contributed by atoms with Crippen molar-refractivity contribution in [3.63, 3.8) is 0 Å². The fourth-order valence-electron chi connectivity index (χ4n) is 2.51. The van der Waals surface area contributed by atoms with Gasteiger partial charge in [-0.25, -0.2) is 4.79 Å². The lowest BCUT2D eigenvalue weighted by Gasteiger charge is -2.37. The highest BCUT2D eigenvalue weighted by Crippen LogP contribution is 2.25. The predicted octanol–water partition coefficient (Wildman–Crippen LogP) is 2.48. The number of para-hydroxylation sites is 1. The van der Waals surface area contributed by atoms with Crippen molar-refractivity contribution in [3.8, 4) is 0 Å². The summed E-state index contributed by atoms with van der Waals surface area (Å²) in [7, 11) is 0. The van der Waals surface area contributed by atoms with Gasteiger partial charge in [-0.1, -0.05) is 12.1 Å². The normalized spacial score (nSPS) is 23.2. The van der Waals surface area contributed by atoms with Crippen LogP contribution < -0.4 is 4.90 Å². The maximum Gasteiger partial charge on any atom is 0.340 e. The van der Waals surface area contributed by atoms with Crippen LogP contribution in [0.25, 0.3) is 0 Å². The lowest BCUT2D eigenvalue weighted by atomic mass is 10.1. The lowest BCUT2D eigenvalue weighted by Crippen LogP contribution is -2.46. The molecule has 1 saturated heterocycles. The average Bonchev–Trinajstić information content (AvgIpc) is 2.38. The van der Waals surface area contributed by atoms with E-state index in [2.05, 4.69) is 18.7 Å². The highest BCUT2D eigenvalue weighted by atomic mass is 16.5. The Balaban J connectivity index is 2.26. The molecule has 1 aliphatic rings. The van der Waals surface area contributed by atoms with E-state index in [0.29, 0.717) is 12.2 Å². The first-order valence-corrected chi connectivity index (χ1v) is 6.78. The summed E-state index contributed by atoms with van der Waals surface area (Å²) in [6.07, 6.45) is 0.331. The molecule has 104 valence electrons. The minimum atomic E-state index is -0.259. The Morgan fingerprint density at radius 1 is 1.32 bits per heavy atom. The fourth-order valence-corrected chi connectivity index (χ4v) is 2.51. The summed E-state index contributed by atoms with van der Waals surface area (Å²) in [6.45, 7) is 7.90. The molecule has 0 radical (unpaired) electrons. The van der Waals surface area contributed by atoms with E-state index >= 15 is 0 Å². The number of esters is 1. The SMILES string of the molecule is CCOC(=O)c1ccccc1N1C[C@@H](C)O[C@@H](C)C1. The monoisotopic (exact) mass is 263 g/mol. The first-order chi connectivity index (χ1) is 9.11. The van der Waals surface area contributed by atoms with E-state index in [1.807, 2.05) is 31.2 Å². The van der Waals surface area contributed by atoms with Gasteiger partial charge in [0, 0.05) is 13.1 Å². The van der Waals surface area contributed by atoms with E-state index in [-0.39, 0.29) is 18.2 Å². The highest BCUT2D eigenvalue weighted by Gasteiger charge is 2.25.